The van der Waals surface area contributed by atoms with Gasteiger partial charge in [-0.25, -0.2) is 0 Å². The maximum absolute atomic E-state index is 9.12. The molecular weight excluding hydrogens is 308 g/mol. The summed E-state index contributed by atoms with van der Waals surface area (Å²) in [6.45, 7) is -0.933. The summed E-state index contributed by atoms with van der Waals surface area (Å²) in [5, 5.41) is 79.6. The van der Waals surface area contributed by atoms with Crippen LogP contribution in [0.5, 0.6) is 0 Å². The molecule has 132 valence electrons. The van der Waals surface area contributed by atoms with E-state index in [1.807, 2.05) is 0 Å². The van der Waals surface area contributed by atoms with Gasteiger partial charge in [0.05, 0.1) is 13.2 Å². The van der Waals surface area contributed by atoms with Gasteiger partial charge in [-0.3, -0.25) is 0 Å². The molecule has 0 aliphatic carbocycles. The average Bonchev–Trinajstić information content (AvgIpc) is 2.76. The van der Waals surface area contributed by atoms with Crippen molar-refractivity contribution in [2.24, 2.45) is 0 Å². The van der Waals surface area contributed by atoms with Crippen molar-refractivity contribution in [2.75, 3.05) is 13.2 Å². The van der Waals surface area contributed by atoms with E-state index in [1.54, 1.807) is 0 Å². The highest BCUT2D eigenvalue weighted by atomic mass is 16.7. The molecular formula is C11H22O11. The zero-order chi connectivity index (χ0) is 17.0. The molecule has 2 heterocycles. The summed E-state index contributed by atoms with van der Waals surface area (Å²) in [6, 6.07) is 0. The van der Waals surface area contributed by atoms with E-state index in [9.17, 15) is 0 Å². The molecule has 9 N–H and O–H groups in total. The van der Waals surface area contributed by atoms with Gasteiger partial charge in [0.25, 0.3) is 0 Å². The van der Waals surface area contributed by atoms with E-state index in [2.05, 4.69) is 9.47 Å². The third-order valence-corrected chi connectivity index (χ3v) is 3.38. The van der Waals surface area contributed by atoms with Crippen LogP contribution >= 0.6 is 0 Å². The molecule has 0 aromatic rings. The lowest BCUT2D eigenvalue weighted by molar-refractivity contribution is -0.286. The molecule has 9 atom stereocenters. The summed E-state index contributed by atoms with van der Waals surface area (Å²) in [6.07, 6.45) is -11.8. The lowest BCUT2D eigenvalue weighted by Gasteiger charge is -2.37. The van der Waals surface area contributed by atoms with Crippen LogP contribution in [0.3, 0.4) is 0 Å². The monoisotopic (exact) mass is 330 g/mol. The van der Waals surface area contributed by atoms with Gasteiger partial charge in [0, 0.05) is 0 Å². The average molecular weight is 330 g/mol. The number of hydrogen-bond acceptors (Lipinski definition) is 11. The molecule has 2 saturated heterocycles. The first-order valence-corrected chi connectivity index (χ1v) is 6.53. The van der Waals surface area contributed by atoms with Crippen molar-refractivity contribution < 1.29 is 55.4 Å². The van der Waals surface area contributed by atoms with Crippen LogP contribution in [0.15, 0.2) is 0 Å². The SMILES string of the molecule is OC[C@H]1O[C@H](O)[C@@H](O)[C@@H](O)[C@@H]1O.OC[C@H]1O[C@H](O)[C@@H](O)[C@@H]1O. The molecule has 0 bridgehead atoms. The second-order valence-electron chi connectivity index (χ2n) is 4.95. The van der Waals surface area contributed by atoms with Gasteiger partial charge in [-0.15, -0.1) is 0 Å². The second kappa shape index (κ2) is 8.42. The van der Waals surface area contributed by atoms with Crippen molar-refractivity contribution in [3.8, 4) is 0 Å². The van der Waals surface area contributed by atoms with Gasteiger partial charge in [0.15, 0.2) is 12.6 Å². The molecule has 0 aromatic carbocycles. The van der Waals surface area contributed by atoms with E-state index in [-0.39, 0.29) is 0 Å². The van der Waals surface area contributed by atoms with Crippen molar-refractivity contribution in [1.82, 2.24) is 0 Å². The zero-order valence-electron chi connectivity index (χ0n) is 11.5. The van der Waals surface area contributed by atoms with E-state index in [0.29, 0.717) is 0 Å². The smallest absolute Gasteiger partial charge is 0.184 e. The first-order chi connectivity index (χ1) is 10.2. The van der Waals surface area contributed by atoms with E-state index in [1.165, 1.54) is 0 Å². The Labute approximate surface area is 125 Å². The highest BCUT2D eigenvalue weighted by Crippen LogP contribution is 2.19. The second-order valence-corrected chi connectivity index (χ2v) is 4.95. The molecule has 0 unspecified atom stereocenters. The first-order valence-electron chi connectivity index (χ1n) is 6.53. The third-order valence-electron chi connectivity index (χ3n) is 3.38. The molecule has 2 aliphatic heterocycles. The minimum Gasteiger partial charge on any atom is -0.394 e. The largest absolute Gasteiger partial charge is 0.394 e. The molecule has 0 spiro atoms. The predicted octanol–water partition coefficient (Wildman–Crippen LogP) is -5.80. The number of ether oxygens (including phenoxy) is 2. The Balaban J connectivity index is 0.000000224. The third kappa shape index (κ3) is 4.31. The summed E-state index contributed by atoms with van der Waals surface area (Å²) in [4.78, 5) is 0. The maximum Gasteiger partial charge on any atom is 0.184 e. The van der Waals surface area contributed by atoms with Crippen molar-refractivity contribution in [3.63, 3.8) is 0 Å². The quantitative estimate of drug-likeness (QED) is 0.233. The van der Waals surface area contributed by atoms with Crippen LogP contribution < -0.4 is 0 Å². The summed E-state index contributed by atoms with van der Waals surface area (Å²) >= 11 is 0. The van der Waals surface area contributed by atoms with Crippen molar-refractivity contribution in [2.45, 2.75) is 55.3 Å². The Bertz CT molecular complexity index is 324. The van der Waals surface area contributed by atoms with Crippen molar-refractivity contribution in [1.29, 1.82) is 0 Å². The fourth-order valence-corrected chi connectivity index (χ4v) is 1.96. The highest BCUT2D eigenvalue weighted by Gasteiger charge is 2.42. The van der Waals surface area contributed by atoms with E-state index in [0.717, 1.165) is 0 Å². The number of aliphatic hydroxyl groups excluding tert-OH is 9. The maximum atomic E-state index is 9.12. The van der Waals surface area contributed by atoms with Crippen molar-refractivity contribution >= 4 is 0 Å². The Morgan fingerprint density at radius 2 is 0.818 bits per heavy atom. The molecule has 0 aromatic heterocycles. The summed E-state index contributed by atoms with van der Waals surface area (Å²) < 4.78 is 9.12. The van der Waals surface area contributed by atoms with Gasteiger partial charge in [-0.2, -0.15) is 0 Å². The van der Waals surface area contributed by atoms with Gasteiger partial charge in [0.2, 0.25) is 0 Å². The van der Waals surface area contributed by atoms with E-state index < -0.39 is 68.5 Å². The van der Waals surface area contributed by atoms with Crippen LogP contribution in [0.4, 0.5) is 0 Å². The molecule has 2 fully saturated rings. The lowest BCUT2D eigenvalue weighted by atomic mass is 10.00. The van der Waals surface area contributed by atoms with Crippen LogP contribution in [0.2, 0.25) is 0 Å². The Kier molecular flexibility index (Phi) is 7.51. The highest BCUT2D eigenvalue weighted by molar-refractivity contribution is 4.88. The predicted molar refractivity (Wildman–Crippen MR) is 66.0 cm³/mol. The Morgan fingerprint density at radius 1 is 0.500 bits per heavy atom. The summed E-state index contributed by atoms with van der Waals surface area (Å²) in [5.41, 5.74) is 0. The summed E-state index contributed by atoms with van der Waals surface area (Å²) in [5.74, 6) is 0. The molecule has 22 heavy (non-hydrogen) atoms. The Morgan fingerprint density at radius 3 is 1.14 bits per heavy atom. The van der Waals surface area contributed by atoms with Crippen LogP contribution in [-0.2, 0) is 9.47 Å². The molecule has 0 saturated carbocycles. The molecule has 2 aliphatic rings. The Hall–Kier alpha value is -0.440. The lowest BCUT2D eigenvalue weighted by Crippen LogP contribution is -2.58. The van der Waals surface area contributed by atoms with Gasteiger partial charge < -0.3 is 55.4 Å². The standard InChI is InChI=1S/C6H12O6.C5H10O5/c7-1-2-3(8)4(9)5(10)6(11)12-2;6-1-2-3(7)4(8)5(9)10-2/h2-11H,1H2;2-9H,1H2/t2-,3-,4+,5+,6+;2-,3-,4+,5+/m11/s1. The fraction of sp³-hybridized carbons (Fsp3) is 1.00. The number of aliphatic hydroxyl groups is 9. The molecule has 0 radical (unpaired) electrons. The molecule has 11 nitrogen and oxygen atoms in total. The summed E-state index contributed by atoms with van der Waals surface area (Å²) in [7, 11) is 0. The van der Waals surface area contributed by atoms with Crippen LogP contribution in [0.1, 0.15) is 0 Å². The zero-order valence-corrected chi connectivity index (χ0v) is 11.5. The van der Waals surface area contributed by atoms with Gasteiger partial charge in [-0.05, 0) is 0 Å². The van der Waals surface area contributed by atoms with Crippen molar-refractivity contribution in [3.05, 3.63) is 0 Å². The minimum absolute atomic E-state index is 0.407. The van der Waals surface area contributed by atoms with Gasteiger partial charge in [-0.1, -0.05) is 0 Å². The molecule has 11 heteroatoms. The first kappa shape index (κ1) is 19.6. The van der Waals surface area contributed by atoms with Crippen LogP contribution in [-0.4, -0.2) is 114 Å². The van der Waals surface area contributed by atoms with E-state index in [4.69, 9.17) is 46.0 Å². The number of rotatable bonds is 2. The minimum atomic E-state index is -1.57. The normalized spacial score (nSPS) is 48.7. The molecule has 0 amide bonds. The van der Waals surface area contributed by atoms with Gasteiger partial charge in [0.1, 0.15) is 42.7 Å². The van der Waals surface area contributed by atoms with E-state index >= 15 is 0 Å². The molecule has 2 rings (SSSR count). The van der Waals surface area contributed by atoms with Crippen LogP contribution in [0, 0.1) is 0 Å². The van der Waals surface area contributed by atoms with Crippen LogP contribution in [0.25, 0.3) is 0 Å². The fourth-order valence-electron chi connectivity index (χ4n) is 1.96. The number of hydrogen-bond donors (Lipinski definition) is 9. The topological polar surface area (TPSA) is 201 Å². The van der Waals surface area contributed by atoms with Gasteiger partial charge >= 0.3 is 0 Å².